The number of nitrogens with one attached hydrogen (secondary N) is 1. The Labute approximate surface area is 175 Å². The number of likely N-dealkylation sites (tertiary alicyclic amines) is 1. The molecule has 0 atom stereocenters. The smallest absolute Gasteiger partial charge is 0.409 e. The van der Waals surface area contributed by atoms with Crippen LogP contribution < -0.4 is 5.56 Å². The maximum Gasteiger partial charge on any atom is 0.409 e. The number of aromatic carboxylic acids is 1. The molecule has 12 heteroatoms. The van der Waals surface area contributed by atoms with E-state index in [1.807, 2.05) is 6.92 Å². The predicted molar refractivity (Wildman–Crippen MR) is 106 cm³/mol. The average molecular weight is 430 g/mol. The van der Waals surface area contributed by atoms with Gasteiger partial charge in [-0.15, -0.1) is 0 Å². The van der Waals surface area contributed by atoms with Crippen molar-refractivity contribution < 1.29 is 24.0 Å². The summed E-state index contributed by atoms with van der Waals surface area (Å²) in [4.78, 5) is 43.7. The van der Waals surface area contributed by atoms with Crippen molar-refractivity contribution in [3.05, 3.63) is 34.1 Å². The Morgan fingerprint density at radius 2 is 2.13 bits per heavy atom. The molecule has 164 valence electrons. The molecule has 3 aromatic rings. The Morgan fingerprint density at radius 1 is 1.35 bits per heavy atom. The first-order chi connectivity index (χ1) is 15.0. The van der Waals surface area contributed by atoms with Crippen LogP contribution in [0.3, 0.4) is 0 Å². The van der Waals surface area contributed by atoms with E-state index in [0.717, 1.165) is 12.8 Å². The second-order valence-electron chi connectivity index (χ2n) is 7.33. The maximum atomic E-state index is 12.3. The molecule has 0 bridgehead atoms. The van der Waals surface area contributed by atoms with Crippen LogP contribution in [0.2, 0.25) is 0 Å². The lowest BCUT2D eigenvalue weighted by Crippen LogP contribution is -2.39. The molecule has 0 aromatic carbocycles. The van der Waals surface area contributed by atoms with E-state index in [4.69, 9.17) is 14.4 Å². The van der Waals surface area contributed by atoms with Crippen LogP contribution in [0.1, 0.15) is 54.8 Å². The second kappa shape index (κ2) is 8.58. The first-order valence-corrected chi connectivity index (χ1v) is 10.1. The van der Waals surface area contributed by atoms with Crippen molar-refractivity contribution in [2.45, 2.75) is 38.5 Å². The minimum absolute atomic E-state index is 0.00880. The van der Waals surface area contributed by atoms with Gasteiger partial charge in [-0.1, -0.05) is 13.3 Å². The van der Waals surface area contributed by atoms with Gasteiger partial charge in [0.25, 0.3) is 17.3 Å². The molecular formula is C19H22N6O6. The van der Waals surface area contributed by atoms with Crippen molar-refractivity contribution in [1.82, 2.24) is 29.6 Å². The summed E-state index contributed by atoms with van der Waals surface area (Å²) in [6, 6.07) is 1.49. The van der Waals surface area contributed by atoms with Crippen LogP contribution in [0.4, 0.5) is 4.79 Å². The van der Waals surface area contributed by atoms with E-state index < -0.39 is 11.8 Å². The van der Waals surface area contributed by atoms with E-state index >= 15 is 0 Å². The fourth-order valence-electron chi connectivity index (χ4n) is 3.63. The lowest BCUT2D eigenvalue weighted by molar-refractivity contribution is 0.0679. The molecule has 1 saturated heterocycles. The number of hydrogen-bond acceptors (Lipinski definition) is 8. The van der Waals surface area contributed by atoms with Crippen LogP contribution in [-0.4, -0.2) is 66.5 Å². The summed E-state index contributed by atoms with van der Waals surface area (Å²) < 4.78 is 11.9. The monoisotopic (exact) mass is 430 g/mol. The van der Waals surface area contributed by atoms with Gasteiger partial charge in [-0.3, -0.25) is 4.79 Å². The molecule has 12 nitrogen and oxygen atoms in total. The van der Waals surface area contributed by atoms with Gasteiger partial charge in [0.2, 0.25) is 0 Å². The molecule has 0 aliphatic carbocycles. The Balaban J connectivity index is 1.55. The average Bonchev–Trinajstić information content (AvgIpc) is 3.40. The van der Waals surface area contributed by atoms with Crippen LogP contribution in [0.5, 0.6) is 0 Å². The topological polar surface area (TPSA) is 156 Å². The fourth-order valence-corrected chi connectivity index (χ4v) is 3.63. The van der Waals surface area contributed by atoms with Crippen molar-refractivity contribution in [3.8, 4) is 11.5 Å². The van der Waals surface area contributed by atoms with Crippen LogP contribution >= 0.6 is 0 Å². The van der Waals surface area contributed by atoms with E-state index in [1.165, 1.54) is 12.3 Å². The molecule has 1 amide bonds. The highest BCUT2D eigenvalue weighted by Gasteiger charge is 2.28. The summed E-state index contributed by atoms with van der Waals surface area (Å²) in [5, 5.41) is 16.7. The molecule has 1 aliphatic heterocycles. The Bertz CT molecular complexity index is 1160. The zero-order chi connectivity index (χ0) is 22.0. The largest absolute Gasteiger partial charge is 0.475 e. The highest BCUT2D eigenvalue weighted by atomic mass is 16.6. The van der Waals surface area contributed by atoms with Crippen molar-refractivity contribution in [2.75, 3.05) is 19.7 Å². The number of piperidine rings is 1. The number of nitrogens with zero attached hydrogens (tertiary/aromatic N) is 5. The van der Waals surface area contributed by atoms with Gasteiger partial charge in [-0.05, 0) is 24.4 Å². The predicted octanol–water partition coefficient (Wildman–Crippen LogP) is 1.89. The third-order valence-electron chi connectivity index (χ3n) is 5.28. The zero-order valence-electron chi connectivity index (χ0n) is 16.9. The number of carbonyl (C=O) groups excluding carboxylic acids is 1. The van der Waals surface area contributed by atoms with Crippen molar-refractivity contribution in [2.24, 2.45) is 0 Å². The summed E-state index contributed by atoms with van der Waals surface area (Å²) in [6.45, 7) is 3.48. The number of hydrogen-bond donors (Lipinski definition) is 2. The molecule has 4 rings (SSSR count). The third-order valence-corrected chi connectivity index (χ3v) is 5.28. The summed E-state index contributed by atoms with van der Waals surface area (Å²) in [5.41, 5.74) is 1.03. The summed E-state index contributed by atoms with van der Waals surface area (Å²) in [6.07, 6.45) is 4.23. The van der Waals surface area contributed by atoms with Gasteiger partial charge in [-0.2, -0.15) is 10.1 Å². The lowest BCUT2D eigenvalue weighted by Gasteiger charge is -2.31. The molecule has 1 fully saturated rings. The molecule has 2 N–H and O–H groups in total. The summed E-state index contributed by atoms with van der Waals surface area (Å²) in [7, 11) is 0. The quantitative estimate of drug-likeness (QED) is 0.557. The number of rotatable bonds is 6. The summed E-state index contributed by atoms with van der Waals surface area (Å²) in [5.74, 6) is -1.84. The molecule has 0 spiro atoms. The van der Waals surface area contributed by atoms with E-state index in [2.05, 4.69) is 20.2 Å². The van der Waals surface area contributed by atoms with Crippen molar-refractivity contribution in [3.63, 3.8) is 0 Å². The minimum atomic E-state index is -1.32. The standard InChI is InChI=1S/C19H22N6O6/c1-2-3-8-30-19(29)24-6-4-11(5-7-24)13-9-14(26)21-16-12(10-20-25(13)16)17-22-15(18(27)28)23-31-17/h9-11H,2-8H2,1H3,(H,21,26)(H,27,28). The van der Waals surface area contributed by atoms with Gasteiger partial charge >= 0.3 is 12.1 Å². The number of H-pyrrole nitrogens is 1. The first kappa shape index (κ1) is 20.6. The number of unbranched alkanes of at least 4 members (excludes halogenated alkanes) is 1. The van der Waals surface area contributed by atoms with E-state index in [-0.39, 0.29) is 23.5 Å². The molecule has 4 heterocycles. The molecule has 0 radical (unpaired) electrons. The number of ether oxygens (including phenoxy) is 1. The lowest BCUT2D eigenvalue weighted by atomic mass is 9.93. The van der Waals surface area contributed by atoms with Gasteiger partial charge in [0.05, 0.1) is 18.5 Å². The molecule has 0 unspecified atom stereocenters. The second-order valence-corrected chi connectivity index (χ2v) is 7.33. The minimum Gasteiger partial charge on any atom is -0.475 e. The number of aromatic nitrogens is 5. The molecular weight excluding hydrogens is 408 g/mol. The molecule has 0 saturated carbocycles. The van der Waals surface area contributed by atoms with Crippen LogP contribution in [-0.2, 0) is 4.74 Å². The number of carbonyl (C=O) groups is 2. The number of amides is 1. The molecule has 1 aliphatic rings. The highest BCUT2D eigenvalue weighted by molar-refractivity contribution is 5.84. The molecule has 31 heavy (non-hydrogen) atoms. The van der Waals surface area contributed by atoms with Gasteiger partial charge in [0.1, 0.15) is 11.2 Å². The van der Waals surface area contributed by atoms with Gasteiger partial charge in [-0.25, -0.2) is 14.1 Å². The van der Waals surface area contributed by atoms with E-state index in [0.29, 0.717) is 49.4 Å². The van der Waals surface area contributed by atoms with Gasteiger partial charge in [0, 0.05) is 25.1 Å². The number of carboxylic acid groups (broad SMARTS) is 1. The Morgan fingerprint density at radius 3 is 2.81 bits per heavy atom. The van der Waals surface area contributed by atoms with E-state index in [1.54, 1.807) is 9.42 Å². The van der Waals surface area contributed by atoms with Crippen LogP contribution in [0.25, 0.3) is 17.1 Å². The number of carboxylic acids is 1. The number of aromatic amines is 1. The Hall–Kier alpha value is -3.70. The molecule has 3 aromatic heterocycles. The fraction of sp³-hybridized carbons (Fsp3) is 0.474. The van der Waals surface area contributed by atoms with Crippen molar-refractivity contribution >= 4 is 17.7 Å². The Kier molecular flexibility index (Phi) is 5.69. The van der Waals surface area contributed by atoms with Crippen molar-refractivity contribution in [1.29, 1.82) is 0 Å². The SMILES string of the molecule is CCCCOC(=O)N1CCC(c2cc(=O)[nH]c3c(-c4nc(C(=O)O)no4)cnn23)CC1. The first-order valence-electron chi connectivity index (χ1n) is 10.1. The zero-order valence-corrected chi connectivity index (χ0v) is 16.9. The third kappa shape index (κ3) is 4.13. The summed E-state index contributed by atoms with van der Waals surface area (Å²) >= 11 is 0. The number of fused-ring (bicyclic) bond motifs is 1. The normalized spacial score (nSPS) is 14.8. The maximum absolute atomic E-state index is 12.3. The van der Waals surface area contributed by atoms with Gasteiger partial charge in [0.15, 0.2) is 0 Å². The van der Waals surface area contributed by atoms with Gasteiger partial charge < -0.3 is 24.3 Å². The van der Waals surface area contributed by atoms with Crippen LogP contribution in [0, 0.1) is 0 Å². The van der Waals surface area contributed by atoms with E-state index in [9.17, 15) is 14.4 Å². The highest BCUT2D eigenvalue weighted by Crippen LogP contribution is 2.29. The van der Waals surface area contributed by atoms with Crippen LogP contribution in [0.15, 0.2) is 21.6 Å².